The number of ether oxygens (including phenoxy) is 7. The minimum atomic E-state index is -0.839. The summed E-state index contributed by atoms with van der Waals surface area (Å²) >= 11 is 1.55. The van der Waals surface area contributed by atoms with Crippen LogP contribution in [0.5, 0.6) is 17.4 Å². The lowest BCUT2D eigenvalue weighted by molar-refractivity contribution is -0.140. The molecule has 3 atom stereocenters. The van der Waals surface area contributed by atoms with Crippen LogP contribution in [0.15, 0.2) is 115 Å². The molecule has 2 aliphatic heterocycles. The summed E-state index contributed by atoms with van der Waals surface area (Å²) in [5.41, 5.74) is 9.28. The highest BCUT2D eigenvalue weighted by Crippen LogP contribution is 2.41. The summed E-state index contributed by atoms with van der Waals surface area (Å²) in [4.78, 5) is 71.5. The fourth-order valence-corrected chi connectivity index (χ4v) is 14.1. The van der Waals surface area contributed by atoms with E-state index in [4.69, 9.17) is 43.1 Å². The van der Waals surface area contributed by atoms with E-state index in [0.29, 0.717) is 89.2 Å². The first-order valence-electron chi connectivity index (χ1n) is 33.9. The minimum Gasteiger partial charge on any atom is -0.491 e. The summed E-state index contributed by atoms with van der Waals surface area (Å²) < 4.78 is 41.8. The third-order valence-electron chi connectivity index (χ3n) is 18.4. The molecule has 18 nitrogen and oxygen atoms in total. The summed E-state index contributed by atoms with van der Waals surface area (Å²) in [5.74, 6) is 1.33. The average Bonchev–Trinajstić information content (AvgIpc) is 1.75. The van der Waals surface area contributed by atoms with Gasteiger partial charge in [0.15, 0.2) is 0 Å². The second-order valence-corrected chi connectivity index (χ2v) is 27.0. The number of hydrogen-bond donors (Lipinski definition) is 2. The third kappa shape index (κ3) is 18.1. The molecule has 0 bridgehead atoms. The van der Waals surface area contributed by atoms with Crippen LogP contribution in [0.4, 0.5) is 10.5 Å². The Morgan fingerprint density at radius 1 is 0.747 bits per heavy atom. The molecule has 5 aromatic carbocycles. The molecule has 2 saturated heterocycles. The maximum Gasteiger partial charge on any atom is 0.410 e. The maximum absolute atomic E-state index is 14.7. The van der Waals surface area contributed by atoms with Crippen LogP contribution in [0, 0.1) is 26.7 Å². The molecular weight excluding hydrogens is 1220 g/mol. The van der Waals surface area contributed by atoms with Gasteiger partial charge in [-0.05, 0) is 176 Å². The molecule has 0 spiro atoms. The molecule has 7 aromatic rings. The summed E-state index contributed by atoms with van der Waals surface area (Å²) in [6, 6.07) is 34.9. The predicted octanol–water partition coefficient (Wildman–Crippen LogP) is 13.9. The van der Waals surface area contributed by atoms with Crippen molar-refractivity contribution in [3.63, 3.8) is 0 Å². The van der Waals surface area contributed by atoms with Crippen molar-refractivity contribution >= 4 is 51.6 Å². The second-order valence-electron chi connectivity index (χ2n) is 26.1. The van der Waals surface area contributed by atoms with Gasteiger partial charge < -0.3 is 53.6 Å². The van der Waals surface area contributed by atoms with Crippen LogP contribution in [0.1, 0.15) is 142 Å². The molecule has 1 aliphatic carbocycles. The van der Waals surface area contributed by atoms with E-state index in [2.05, 4.69) is 46.0 Å². The van der Waals surface area contributed by atoms with Crippen LogP contribution in [-0.4, -0.2) is 140 Å². The number of carbonyl (C=O) groups excluding carboxylic acids is 4. The molecule has 506 valence electrons. The molecule has 1 saturated carbocycles. The van der Waals surface area contributed by atoms with Crippen LogP contribution in [0.2, 0.25) is 0 Å². The summed E-state index contributed by atoms with van der Waals surface area (Å²) in [6.45, 7) is 20.9. The first kappa shape index (κ1) is 69.7. The second kappa shape index (κ2) is 33.0. The fourth-order valence-electron chi connectivity index (χ4n) is 13.1. The Kier molecular flexibility index (Phi) is 24.2. The smallest absolute Gasteiger partial charge is 0.410 e. The molecule has 2 aromatic heterocycles. The minimum absolute atomic E-state index is 0.000324. The lowest BCUT2D eigenvalue weighted by atomic mass is 9.83. The number of aryl methyl sites for hydroxylation is 2. The van der Waals surface area contributed by atoms with Gasteiger partial charge in [-0.3, -0.25) is 19.3 Å². The zero-order valence-corrected chi connectivity index (χ0v) is 57.7. The van der Waals surface area contributed by atoms with Gasteiger partial charge in [-0.25, -0.2) is 14.8 Å². The number of likely N-dealkylation sites (N-methyl/N-ethyl adjacent to an activating group) is 1. The van der Waals surface area contributed by atoms with Crippen LogP contribution in [-0.2, 0) is 41.7 Å². The molecule has 10 rings (SSSR count). The van der Waals surface area contributed by atoms with E-state index in [1.165, 1.54) is 4.90 Å². The predicted molar refractivity (Wildman–Crippen MR) is 372 cm³/mol. The molecule has 4 heterocycles. The molecule has 4 amide bonds. The van der Waals surface area contributed by atoms with Gasteiger partial charge in [0.1, 0.15) is 54.0 Å². The van der Waals surface area contributed by atoms with E-state index in [1.54, 1.807) is 46.1 Å². The van der Waals surface area contributed by atoms with E-state index in [0.717, 1.165) is 142 Å². The topological polar surface area (TPSA) is 192 Å². The fraction of sp³-hybridized carbons (Fsp3) is 0.474. The van der Waals surface area contributed by atoms with Crippen molar-refractivity contribution in [2.75, 3.05) is 77.9 Å². The van der Waals surface area contributed by atoms with E-state index in [1.807, 2.05) is 117 Å². The SMILES string of the molecule is CCN(c1cc(-c2ccc(OCCOCCOCCOc3ccc(-c4csc([C@@H]5CCCN5C(=O)[C@@H](NC(=O)[C@H](C)N(C)C(=O)OC(C)(C)C)C5CCCCC5)n4)c4ccccc34)cc2)cc(C(=O)NCc2c(C)cc(C)nc2OCc2ccccc2)c1C)C1CCOCC1. The summed E-state index contributed by atoms with van der Waals surface area (Å²) in [5, 5.41) is 11.2. The number of fused-ring (bicyclic) bond motifs is 1. The van der Waals surface area contributed by atoms with E-state index in [9.17, 15) is 19.2 Å². The van der Waals surface area contributed by atoms with Crippen molar-refractivity contribution in [2.45, 2.75) is 156 Å². The normalized spacial score (nSPS) is 16.1. The van der Waals surface area contributed by atoms with Crippen molar-refractivity contribution in [3.8, 4) is 39.8 Å². The number of carbonyl (C=O) groups is 4. The monoisotopic (exact) mass is 1310 g/mol. The lowest BCUT2D eigenvalue weighted by Gasteiger charge is -2.37. The molecule has 0 unspecified atom stereocenters. The molecular formula is C76H95N7O11S. The standard InChI is InChI=1S/C76H95N7O11S/c1-10-82(58-33-36-88-37-34-58)67-46-57(45-63(52(67)4)71(85)77-47-64-50(2)44-51(3)78-72(64)93-48-54-20-13-11-14-21-54)55-27-29-59(30-28-55)91-42-40-89-38-39-90-41-43-92-68-32-31-61(60-24-17-18-25-62(60)68)65-49-95-73(79-65)66-26-19-35-83(66)74(86)69(56-22-15-12-16-23-56)80-70(84)53(5)81(9)75(87)94-76(6,7)8/h11,13-14,17-18,20-21,24-25,27-32,44-46,49,53,56,58,66,69H,10,12,15-16,19,22-23,26,33-43,47-48H2,1-9H3,(H,77,85)(H,80,84)/t53-,66-,69-/m0/s1. The number of hydrogen-bond acceptors (Lipinski definition) is 15. The van der Waals surface area contributed by atoms with Crippen molar-refractivity contribution < 1.29 is 52.3 Å². The Labute approximate surface area is 564 Å². The molecule has 2 N–H and O–H groups in total. The van der Waals surface area contributed by atoms with Crippen molar-refractivity contribution in [3.05, 3.63) is 153 Å². The summed E-state index contributed by atoms with van der Waals surface area (Å²) in [7, 11) is 1.55. The van der Waals surface area contributed by atoms with Gasteiger partial charge in [-0.1, -0.05) is 86.0 Å². The van der Waals surface area contributed by atoms with Gasteiger partial charge in [-0.2, -0.15) is 0 Å². The largest absolute Gasteiger partial charge is 0.491 e. The Morgan fingerprint density at radius 2 is 1.44 bits per heavy atom. The number of likely N-dealkylation sites (tertiary alicyclic amines) is 1. The molecule has 95 heavy (non-hydrogen) atoms. The first-order chi connectivity index (χ1) is 45.9. The Morgan fingerprint density at radius 3 is 2.16 bits per heavy atom. The molecule has 19 heteroatoms. The van der Waals surface area contributed by atoms with Gasteiger partial charge >= 0.3 is 6.09 Å². The van der Waals surface area contributed by atoms with E-state index >= 15 is 0 Å². The van der Waals surface area contributed by atoms with Crippen LogP contribution in [0.3, 0.4) is 0 Å². The van der Waals surface area contributed by atoms with Crippen molar-refractivity contribution in [1.82, 2.24) is 30.4 Å². The number of nitrogens with zero attached hydrogens (tertiary/aromatic N) is 5. The number of thiazole rings is 1. The van der Waals surface area contributed by atoms with Crippen LogP contribution in [0.25, 0.3) is 33.2 Å². The summed E-state index contributed by atoms with van der Waals surface area (Å²) in [6.07, 6.45) is 7.66. The number of anilines is 1. The Bertz CT molecular complexity index is 3710. The van der Waals surface area contributed by atoms with Crippen molar-refractivity contribution in [1.29, 1.82) is 0 Å². The number of aromatic nitrogens is 2. The van der Waals surface area contributed by atoms with E-state index in [-0.39, 0.29) is 36.2 Å². The van der Waals surface area contributed by atoms with Crippen LogP contribution < -0.4 is 29.7 Å². The Balaban J connectivity index is 0.696. The highest BCUT2D eigenvalue weighted by atomic mass is 32.1. The molecule has 3 fully saturated rings. The highest BCUT2D eigenvalue weighted by Gasteiger charge is 2.41. The zero-order valence-electron chi connectivity index (χ0n) is 56.8. The molecule has 0 radical (unpaired) electrons. The van der Waals surface area contributed by atoms with Gasteiger partial charge in [0.25, 0.3) is 5.91 Å². The lowest BCUT2D eigenvalue weighted by Crippen LogP contribution is -2.56. The number of pyridine rings is 1. The number of benzene rings is 5. The Hall–Kier alpha value is -8.10. The maximum atomic E-state index is 14.7. The first-order valence-corrected chi connectivity index (χ1v) is 34.8. The highest BCUT2D eigenvalue weighted by molar-refractivity contribution is 7.10. The number of rotatable bonds is 28. The quantitative estimate of drug-likeness (QED) is 0.0440. The zero-order chi connectivity index (χ0) is 67.0. The van der Waals surface area contributed by atoms with Gasteiger partial charge in [0, 0.05) is 84.8 Å². The van der Waals surface area contributed by atoms with Gasteiger partial charge in [0.05, 0.1) is 38.2 Å². The van der Waals surface area contributed by atoms with Crippen molar-refractivity contribution in [2.24, 2.45) is 5.92 Å². The number of nitrogens with one attached hydrogen (secondary N) is 2. The van der Waals surface area contributed by atoms with Gasteiger partial charge in [0.2, 0.25) is 17.7 Å². The van der Waals surface area contributed by atoms with E-state index < -0.39 is 23.8 Å². The third-order valence-corrected chi connectivity index (χ3v) is 19.3. The van der Waals surface area contributed by atoms with Gasteiger partial charge in [-0.15, -0.1) is 11.3 Å². The molecule has 3 aliphatic rings. The average molecular weight is 1310 g/mol. The van der Waals surface area contributed by atoms with Crippen LogP contribution >= 0.6 is 11.3 Å². The number of amides is 4.